The lowest BCUT2D eigenvalue weighted by Crippen LogP contribution is -2.35. The molecule has 0 bridgehead atoms. The Morgan fingerprint density at radius 1 is 1.47 bits per heavy atom. The van der Waals surface area contributed by atoms with E-state index in [0.29, 0.717) is 11.5 Å². The van der Waals surface area contributed by atoms with Gasteiger partial charge in [0.15, 0.2) is 0 Å². The molecule has 1 aliphatic rings. The van der Waals surface area contributed by atoms with Crippen LogP contribution in [0.1, 0.15) is 26.0 Å². The molecule has 1 atom stereocenters. The van der Waals surface area contributed by atoms with Gasteiger partial charge in [-0.15, -0.1) is 0 Å². The summed E-state index contributed by atoms with van der Waals surface area (Å²) in [7, 11) is 0. The maximum atomic E-state index is 4.42. The summed E-state index contributed by atoms with van der Waals surface area (Å²) in [6.45, 7) is 6.75. The molecule has 2 nitrogen and oxygen atoms in total. The van der Waals surface area contributed by atoms with Gasteiger partial charge in [0.05, 0.1) is 11.4 Å². The Bertz CT molecular complexity index is 406. The zero-order valence-corrected chi connectivity index (χ0v) is 13.0. The molecule has 1 aromatic heterocycles. The van der Waals surface area contributed by atoms with Gasteiger partial charge >= 0.3 is 0 Å². The van der Waals surface area contributed by atoms with E-state index in [2.05, 4.69) is 46.1 Å². The summed E-state index contributed by atoms with van der Waals surface area (Å²) in [6.07, 6.45) is 1.23. The molecule has 94 valence electrons. The second-order valence-electron chi connectivity index (χ2n) is 5.49. The van der Waals surface area contributed by atoms with Crippen molar-refractivity contribution in [3.63, 3.8) is 0 Å². The molecule has 1 N–H and O–H groups in total. The predicted molar refractivity (Wildman–Crippen MR) is 79.8 cm³/mol. The first-order valence-electron chi connectivity index (χ1n) is 5.94. The Morgan fingerprint density at radius 2 is 2.24 bits per heavy atom. The summed E-state index contributed by atoms with van der Waals surface area (Å²) in [5, 5.41) is 3.63. The van der Waals surface area contributed by atoms with Crippen molar-refractivity contribution in [1.82, 2.24) is 4.98 Å². The highest BCUT2D eigenvalue weighted by Crippen LogP contribution is 2.35. The minimum Gasteiger partial charge on any atom is -0.380 e. The van der Waals surface area contributed by atoms with Crippen molar-refractivity contribution in [2.75, 3.05) is 16.8 Å². The molecule has 17 heavy (non-hydrogen) atoms. The Hall–Kier alpha value is -0.220. The standard InChI is InChI=1S/C13H19BrN2S/c1-9-11(4-5-12(14)15-9)16-10-6-13(2,3)8-17-7-10/h4-5,10,16H,6-8H2,1-3H3. The average Bonchev–Trinajstić information content (AvgIpc) is 2.21. The molecule has 0 amide bonds. The third kappa shape index (κ3) is 3.62. The molecule has 1 aromatic rings. The third-order valence-electron chi connectivity index (χ3n) is 3.02. The van der Waals surface area contributed by atoms with E-state index in [0.717, 1.165) is 16.0 Å². The highest BCUT2D eigenvalue weighted by atomic mass is 79.9. The van der Waals surface area contributed by atoms with Crippen LogP contribution in [0.3, 0.4) is 0 Å². The lowest BCUT2D eigenvalue weighted by molar-refractivity contribution is 0.358. The number of rotatable bonds is 2. The van der Waals surface area contributed by atoms with Crippen LogP contribution in [0.15, 0.2) is 16.7 Å². The smallest absolute Gasteiger partial charge is 0.106 e. The van der Waals surface area contributed by atoms with E-state index in [4.69, 9.17) is 0 Å². The van der Waals surface area contributed by atoms with E-state index in [-0.39, 0.29) is 0 Å². The third-order valence-corrected chi connectivity index (χ3v) is 5.09. The lowest BCUT2D eigenvalue weighted by Gasteiger charge is -2.35. The Balaban J connectivity index is 2.05. The van der Waals surface area contributed by atoms with E-state index in [1.165, 1.54) is 17.9 Å². The number of aryl methyl sites for hydroxylation is 1. The van der Waals surface area contributed by atoms with E-state index < -0.39 is 0 Å². The molecule has 1 aliphatic heterocycles. The first-order valence-corrected chi connectivity index (χ1v) is 7.88. The van der Waals surface area contributed by atoms with Crippen LogP contribution in [0.2, 0.25) is 0 Å². The molecule has 0 aromatic carbocycles. The number of thioether (sulfide) groups is 1. The number of pyridine rings is 1. The molecular weight excluding hydrogens is 296 g/mol. The Morgan fingerprint density at radius 3 is 2.88 bits per heavy atom. The predicted octanol–water partition coefficient (Wildman–Crippen LogP) is 4.10. The van der Waals surface area contributed by atoms with Crippen molar-refractivity contribution in [3.8, 4) is 0 Å². The van der Waals surface area contributed by atoms with Gasteiger partial charge < -0.3 is 5.32 Å². The molecule has 1 unspecified atom stereocenters. The Labute approximate surface area is 116 Å². The molecule has 0 aliphatic carbocycles. The topological polar surface area (TPSA) is 24.9 Å². The molecule has 0 spiro atoms. The molecule has 1 saturated heterocycles. The van der Waals surface area contributed by atoms with Gasteiger partial charge in [0.1, 0.15) is 4.60 Å². The van der Waals surface area contributed by atoms with Crippen molar-refractivity contribution < 1.29 is 0 Å². The van der Waals surface area contributed by atoms with Crippen molar-refractivity contribution >= 4 is 33.4 Å². The fraction of sp³-hybridized carbons (Fsp3) is 0.615. The van der Waals surface area contributed by atoms with Crippen LogP contribution >= 0.6 is 27.7 Å². The zero-order chi connectivity index (χ0) is 12.5. The van der Waals surface area contributed by atoms with E-state index in [1.54, 1.807) is 0 Å². The van der Waals surface area contributed by atoms with Gasteiger partial charge in [-0.3, -0.25) is 0 Å². The summed E-state index contributed by atoms with van der Waals surface area (Å²) in [4.78, 5) is 4.42. The van der Waals surface area contributed by atoms with Gasteiger partial charge in [-0.2, -0.15) is 11.8 Å². The number of aromatic nitrogens is 1. The molecule has 1 fully saturated rings. The number of anilines is 1. The van der Waals surface area contributed by atoms with Gasteiger partial charge in [-0.1, -0.05) is 13.8 Å². The Kier molecular flexibility index (Phi) is 4.03. The quantitative estimate of drug-likeness (QED) is 0.832. The van der Waals surface area contributed by atoms with E-state index in [9.17, 15) is 0 Å². The monoisotopic (exact) mass is 314 g/mol. The maximum absolute atomic E-state index is 4.42. The molecule has 2 heterocycles. The molecular formula is C13H19BrN2S. The first kappa shape index (κ1) is 13.2. The molecule has 0 radical (unpaired) electrons. The van der Waals surface area contributed by atoms with Crippen molar-refractivity contribution in [3.05, 3.63) is 22.4 Å². The summed E-state index contributed by atoms with van der Waals surface area (Å²) in [5.41, 5.74) is 2.67. The number of nitrogens with zero attached hydrogens (tertiary/aromatic N) is 1. The van der Waals surface area contributed by atoms with Crippen LogP contribution in [0.25, 0.3) is 0 Å². The van der Waals surface area contributed by atoms with Gasteiger partial charge in [0, 0.05) is 11.8 Å². The highest BCUT2D eigenvalue weighted by Gasteiger charge is 2.28. The minimum atomic E-state index is 0.442. The van der Waals surface area contributed by atoms with Gasteiger partial charge in [0.25, 0.3) is 0 Å². The SMILES string of the molecule is Cc1nc(Br)ccc1NC1CSCC(C)(C)C1. The van der Waals surface area contributed by atoms with Crippen molar-refractivity contribution in [1.29, 1.82) is 0 Å². The summed E-state index contributed by atoms with van der Waals surface area (Å²) in [6, 6.07) is 4.67. The van der Waals surface area contributed by atoms with Crippen LogP contribution in [0.4, 0.5) is 5.69 Å². The second kappa shape index (κ2) is 5.19. The lowest BCUT2D eigenvalue weighted by atomic mass is 9.88. The summed E-state index contributed by atoms with van der Waals surface area (Å²) < 4.78 is 0.902. The number of hydrogen-bond donors (Lipinski definition) is 1. The van der Waals surface area contributed by atoms with Crippen LogP contribution in [0.5, 0.6) is 0 Å². The largest absolute Gasteiger partial charge is 0.380 e. The normalized spacial score (nSPS) is 23.4. The first-order chi connectivity index (χ1) is 7.96. The van der Waals surface area contributed by atoms with Gasteiger partial charge in [-0.05, 0) is 52.6 Å². The van der Waals surface area contributed by atoms with Crippen molar-refractivity contribution in [2.45, 2.75) is 33.2 Å². The highest BCUT2D eigenvalue weighted by molar-refractivity contribution is 9.10. The average molecular weight is 315 g/mol. The molecule has 2 rings (SSSR count). The summed E-state index contributed by atoms with van der Waals surface area (Å²) >= 11 is 5.44. The second-order valence-corrected chi connectivity index (χ2v) is 7.33. The zero-order valence-electron chi connectivity index (χ0n) is 10.6. The number of hydrogen-bond acceptors (Lipinski definition) is 3. The van der Waals surface area contributed by atoms with Crippen LogP contribution in [-0.4, -0.2) is 22.5 Å². The summed E-state index contributed by atoms with van der Waals surface area (Å²) in [5.74, 6) is 2.46. The molecule has 0 saturated carbocycles. The molecule has 4 heteroatoms. The fourth-order valence-electron chi connectivity index (χ4n) is 2.26. The van der Waals surface area contributed by atoms with Crippen LogP contribution < -0.4 is 5.32 Å². The van der Waals surface area contributed by atoms with Crippen LogP contribution in [-0.2, 0) is 0 Å². The number of nitrogens with one attached hydrogen (secondary N) is 1. The number of halogens is 1. The van der Waals surface area contributed by atoms with Crippen molar-refractivity contribution in [2.24, 2.45) is 5.41 Å². The van der Waals surface area contributed by atoms with E-state index >= 15 is 0 Å². The van der Waals surface area contributed by atoms with Crippen LogP contribution in [0, 0.1) is 12.3 Å². The fourth-order valence-corrected chi connectivity index (χ4v) is 3.93. The minimum absolute atomic E-state index is 0.442. The van der Waals surface area contributed by atoms with Gasteiger partial charge in [-0.25, -0.2) is 4.98 Å². The maximum Gasteiger partial charge on any atom is 0.106 e. The van der Waals surface area contributed by atoms with Gasteiger partial charge in [0.2, 0.25) is 0 Å². The van der Waals surface area contributed by atoms with E-state index in [1.807, 2.05) is 24.8 Å².